The summed E-state index contributed by atoms with van der Waals surface area (Å²) in [7, 11) is 0. The van der Waals surface area contributed by atoms with Gasteiger partial charge in [-0.3, -0.25) is 4.79 Å². The van der Waals surface area contributed by atoms with Gasteiger partial charge >= 0.3 is 12.0 Å². The second-order valence-corrected chi connectivity index (χ2v) is 12.5. The third kappa shape index (κ3) is 7.85. The van der Waals surface area contributed by atoms with Gasteiger partial charge in [-0.1, -0.05) is 12.1 Å². The molecule has 11 nitrogen and oxygen atoms in total. The summed E-state index contributed by atoms with van der Waals surface area (Å²) >= 11 is 0. The third-order valence-electron chi connectivity index (χ3n) is 7.96. The van der Waals surface area contributed by atoms with Crippen LogP contribution in [0.5, 0.6) is 5.75 Å². The number of hydrogen-bond donors (Lipinski definition) is 1. The van der Waals surface area contributed by atoms with Crippen LogP contribution in [0.1, 0.15) is 64.0 Å². The summed E-state index contributed by atoms with van der Waals surface area (Å²) in [6.07, 6.45) is 1.23. The number of rotatable bonds is 6. The number of amides is 2. The van der Waals surface area contributed by atoms with E-state index >= 15 is 0 Å². The fourth-order valence-electron chi connectivity index (χ4n) is 5.53. The number of aromatic nitrogens is 3. The van der Waals surface area contributed by atoms with Gasteiger partial charge < -0.3 is 24.6 Å². The number of alkyl halides is 2. The van der Waals surface area contributed by atoms with Gasteiger partial charge in [-0.25, -0.2) is 23.5 Å². The van der Waals surface area contributed by atoms with E-state index < -0.39 is 30.1 Å². The standard InChI is InChI=1S/C33H37F2N7O4/c1-21(43)42-16-13-28(33(34,35)19-42)45-27-10-7-24(17-25(27)18-36)29-37-20-38-30(40-29)39-26-8-5-22(6-9-26)23-11-14-41(15-12-23)31(44)46-32(2,3)4/h5-10,17,20,23,28H,11-16,19H2,1-4H3,(H,37,38,39,40)/t28-/m0/s1. The van der Waals surface area contributed by atoms with Crippen molar-refractivity contribution in [2.45, 2.75) is 70.5 Å². The Kier molecular flexibility index (Phi) is 9.37. The molecular formula is C33H37F2N7O4. The second-order valence-electron chi connectivity index (χ2n) is 12.5. The van der Waals surface area contributed by atoms with E-state index in [0.29, 0.717) is 30.5 Å². The van der Waals surface area contributed by atoms with Gasteiger partial charge in [0.1, 0.15) is 23.7 Å². The van der Waals surface area contributed by atoms with E-state index in [0.717, 1.165) is 23.4 Å². The molecule has 5 rings (SSSR count). The van der Waals surface area contributed by atoms with Crippen molar-refractivity contribution in [3.8, 4) is 23.2 Å². The molecule has 1 N–H and O–H groups in total. The minimum Gasteiger partial charge on any atom is -0.483 e. The molecule has 0 unspecified atom stereocenters. The van der Waals surface area contributed by atoms with E-state index in [-0.39, 0.29) is 36.2 Å². The molecule has 2 amide bonds. The van der Waals surface area contributed by atoms with Gasteiger partial charge in [0, 0.05) is 44.2 Å². The number of halogens is 2. The largest absolute Gasteiger partial charge is 0.483 e. The molecule has 0 saturated carbocycles. The lowest BCUT2D eigenvalue weighted by molar-refractivity contribution is -0.158. The van der Waals surface area contributed by atoms with Gasteiger partial charge in [0.2, 0.25) is 11.9 Å². The summed E-state index contributed by atoms with van der Waals surface area (Å²) in [4.78, 5) is 39.7. The Morgan fingerprint density at radius 1 is 1.02 bits per heavy atom. The summed E-state index contributed by atoms with van der Waals surface area (Å²) < 4.78 is 40.5. The molecule has 3 aromatic rings. The number of carbonyl (C=O) groups is 2. The number of benzene rings is 2. The number of hydrogen-bond acceptors (Lipinski definition) is 9. The number of nitriles is 1. The number of piperidine rings is 2. The highest BCUT2D eigenvalue weighted by Gasteiger charge is 2.47. The first-order valence-electron chi connectivity index (χ1n) is 15.2. The molecule has 0 bridgehead atoms. The molecule has 2 aromatic carbocycles. The molecule has 2 saturated heterocycles. The molecule has 3 heterocycles. The van der Waals surface area contributed by atoms with Crippen molar-refractivity contribution >= 4 is 23.6 Å². The summed E-state index contributed by atoms with van der Waals surface area (Å²) in [5.74, 6) is -2.75. The third-order valence-corrected chi connectivity index (χ3v) is 7.96. The number of nitrogens with zero attached hydrogens (tertiary/aromatic N) is 6. The number of nitrogens with one attached hydrogen (secondary N) is 1. The van der Waals surface area contributed by atoms with Gasteiger partial charge in [-0.2, -0.15) is 10.2 Å². The van der Waals surface area contributed by atoms with E-state index in [1.165, 1.54) is 30.9 Å². The van der Waals surface area contributed by atoms with Crippen molar-refractivity contribution in [3.63, 3.8) is 0 Å². The lowest BCUT2D eigenvalue weighted by Crippen LogP contribution is -2.54. The molecular weight excluding hydrogens is 596 g/mol. The molecule has 2 aliphatic rings. The van der Waals surface area contributed by atoms with Crippen LogP contribution >= 0.6 is 0 Å². The molecule has 1 aromatic heterocycles. The Balaban J connectivity index is 1.21. The molecule has 13 heteroatoms. The molecule has 2 fully saturated rings. The van der Waals surface area contributed by atoms with Gasteiger partial charge in [-0.15, -0.1) is 0 Å². The maximum absolute atomic E-state index is 14.7. The van der Waals surface area contributed by atoms with Crippen molar-refractivity contribution in [2.24, 2.45) is 0 Å². The van der Waals surface area contributed by atoms with Crippen LogP contribution in [-0.2, 0) is 9.53 Å². The van der Waals surface area contributed by atoms with Gasteiger partial charge in [0.25, 0.3) is 0 Å². The Hall–Kier alpha value is -4.86. The molecule has 46 heavy (non-hydrogen) atoms. The normalized spacial score (nSPS) is 18.4. The Labute approximate surface area is 266 Å². The Morgan fingerprint density at radius 2 is 1.72 bits per heavy atom. The highest BCUT2D eigenvalue weighted by Crippen LogP contribution is 2.34. The quantitative estimate of drug-likeness (QED) is 0.352. The van der Waals surface area contributed by atoms with E-state index in [4.69, 9.17) is 9.47 Å². The Morgan fingerprint density at radius 3 is 2.35 bits per heavy atom. The first-order chi connectivity index (χ1) is 21.8. The smallest absolute Gasteiger partial charge is 0.410 e. The van der Waals surface area contributed by atoms with Crippen LogP contribution in [0.4, 0.5) is 25.2 Å². The SMILES string of the molecule is CC(=O)N1CC[C@H](Oc2ccc(-c3ncnc(Nc4ccc(C5CCN(C(=O)OC(C)(C)C)CC5)cc4)n3)cc2C#N)C(F)(F)C1. The van der Waals surface area contributed by atoms with Crippen molar-refractivity contribution in [1.82, 2.24) is 24.8 Å². The van der Waals surface area contributed by atoms with Gasteiger partial charge in [0.15, 0.2) is 11.9 Å². The molecule has 2 aliphatic heterocycles. The number of ether oxygens (including phenoxy) is 2. The summed E-state index contributed by atoms with van der Waals surface area (Å²) in [5.41, 5.74) is 1.98. The number of likely N-dealkylation sites (tertiary alicyclic amines) is 2. The van der Waals surface area contributed by atoms with Crippen molar-refractivity contribution in [2.75, 3.05) is 31.5 Å². The molecule has 0 spiro atoms. The predicted molar refractivity (Wildman–Crippen MR) is 166 cm³/mol. The predicted octanol–water partition coefficient (Wildman–Crippen LogP) is 5.90. The van der Waals surface area contributed by atoms with Crippen LogP contribution < -0.4 is 10.1 Å². The Bertz CT molecular complexity index is 1610. The maximum atomic E-state index is 14.7. The molecule has 1 atom stereocenters. The van der Waals surface area contributed by atoms with Crippen LogP contribution in [0.2, 0.25) is 0 Å². The fourth-order valence-corrected chi connectivity index (χ4v) is 5.53. The molecule has 0 radical (unpaired) electrons. The first kappa shape index (κ1) is 32.5. The molecule has 0 aliphatic carbocycles. The number of carbonyl (C=O) groups excluding carboxylic acids is 2. The van der Waals surface area contributed by atoms with E-state index in [2.05, 4.69) is 20.3 Å². The van der Waals surface area contributed by atoms with Crippen LogP contribution in [0, 0.1) is 11.3 Å². The van der Waals surface area contributed by atoms with Crippen LogP contribution in [0.15, 0.2) is 48.8 Å². The fraction of sp³-hybridized carbons (Fsp3) is 0.455. The topological polar surface area (TPSA) is 134 Å². The van der Waals surface area contributed by atoms with Crippen LogP contribution in [-0.4, -0.2) is 80.6 Å². The lowest BCUT2D eigenvalue weighted by atomic mass is 9.89. The average Bonchev–Trinajstić information content (AvgIpc) is 3.01. The van der Waals surface area contributed by atoms with Gasteiger partial charge in [0.05, 0.1) is 12.1 Å². The highest BCUT2D eigenvalue weighted by molar-refractivity contribution is 5.73. The highest BCUT2D eigenvalue weighted by atomic mass is 19.3. The minimum absolute atomic E-state index is 0.0233. The van der Waals surface area contributed by atoms with E-state index in [9.17, 15) is 23.6 Å². The van der Waals surface area contributed by atoms with Crippen molar-refractivity contribution in [3.05, 3.63) is 59.9 Å². The first-order valence-corrected chi connectivity index (χ1v) is 15.2. The summed E-state index contributed by atoms with van der Waals surface area (Å²) in [6.45, 7) is 7.54. The summed E-state index contributed by atoms with van der Waals surface area (Å²) in [5, 5.41) is 12.9. The number of anilines is 2. The lowest BCUT2D eigenvalue weighted by Gasteiger charge is -2.37. The van der Waals surface area contributed by atoms with Crippen molar-refractivity contribution in [1.29, 1.82) is 5.26 Å². The van der Waals surface area contributed by atoms with Crippen LogP contribution in [0.3, 0.4) is 0 Å². The van der Waals surface area contributed by atoms with E-state index in [1.54, 1.807) is 11.0 Å². The zero-order valence-electron chi connectivity index (χ0n) is 26.3. The average molecular weight is 634 g/mol. The zero-order valence-corrected chi connectivity index (χ0v) is 26.3. The van der Waals surface area contributed by atoms with Crippen molar-refractivity contribution < 1.29 is 27.8 Å². The zero-order chi connectivity index (χ0) is 33.1. The van der Waals surface area contributed by atoms with Gasteiger partial charge in [-0.05, 0) is 75.4 Å². The maximum Gasteiger partial charge on any atom is 0.410 e. The monoisotopic (exact) mass is 633 g/mol. The summed E-state index contributed by atoms with van der Waals surface area (Å²) in [6, 6.07) is 14.5. The minimum atomic E-state index is -3.26. The van der Waals surface area contributed by atoms with Crippen LogP contribution in [0.25, 0.3) is 11.4 Å². The second kappa shape index (κ2) is 13.2. The van der Waals surface area contributed by atoms with E-state index in [1.807, 2.05) is 51.1 Å². The molecule has 242 valence electrons.